The maximum absolute atomic E-state index is 15.4. The Hall–Kier alpha value is -4.07. The minimum Gasteiger partial charge on any atom is -0.379 e. The Balaban J connectivity index is 1.36. The number of nitrogens with zero attached hydrogens (tertiary/aromatic N) is 6. The van der Waals surface area contributed by atoms with Crippen LogP contribution in [0.25, 0.3) is 5.69 Å². The van der Waals surface area contributed by atoms with Crippen molar-refractivity contribution >= 4 is 39.6 Å². The number of likely N-dealkylation sites (N-methyl/N-ethyl adjacent to an activating group) is 1. The van der Waals surface area contributed by atoms with Crippen LogP contribution in [0.15, 0.2) is 78.3 Å². The predicted octanol–water partition coefficient (Wildman–Crippen LogP) is 4.42. The van der Waals surface area contributed by atoms with Crippen LogP contribution in [0, 0.1) is 5.82 Å². The molecular weight excluding hydrogens is 585 g/mol. The van der Waals surface area contributed by atoms with Crippen LogP contribution in [-0.2, 0) is 19.7 Å². The topological polar surface area (TPSA) is 123 Å². The van der Waals surface area contributed by atoms with Crippen molar-refractivity contribution in [1.82, 2.24) is 24.6 Å². The second-order valence-electron chi connectivity index (χ2n) is 10.1. The van der Waals surface area contributed by atoms with Gasteiger partial charge in [-0.1, -0.05) is 28.2 Å². The van der Waals surface area contributed by atoms with Crippen molar-refractivity contribution in [3.8, 4) is 5.69 Å². The predicted molar refractivity (Wildman–Crippen MR) is 155 cm³/mol. The number of anilines is 2. The second-order valence-corrected chi connectivity index (χ2v) is 12.2. The van der Waals surface area contributed by atoms with Crippen molar-refractivity contribution in [2.45, 2.75) is 42.2 Å². The molecule has 11 nitrogen and oxygen atoms in total. The molecule has 2 heterocycles. The molecule has 2 aromatic carbocycles. The zero-order valence-electron chi connectivity index (χ0n) is 22.8. The highest BCUT2D eigenvalue weighted by molar-refractivity contribution is 7.92. The molecule has 42 heavy (non-hydrogen) atoms. The lowest BCUT2D eigenvalue weighted by Crippen LogP contribution is -2.47. The van der Waals surface area contributed by atoms with Gasteiger partial charge < -0.3 is 15.1 Å². The van der Waals surface area contributed by atoms with Gasteiger partial charge in [0, 0.05) is 36.7 Å². The molecule has 3 atom stereocenters. The number of sulfonamides is 1. The minimum absolute atomic E-state index is 0.00438. The zero-order valence-corrected chi connectivity index (χ0v) is 24.4. The Morgan fingerprint density at radius 2 is 1.98 bits per heavy atom. The molecule has 14 heteroatoms. The lowest BCUT2D eigenvalue weighted by atomic mass is 9.78. The van der Waals surface area contributed by atoms with Crippen molar-refractivity contribution in [3.63, 3.8) is 0 Å². The van der Waals surface area contributed by atoms with E-state index in [0.717, 1.165) is 43.4 Å². The van der Waals surface area contributed by atoms with Crippen LogP contribution in [0.3, 0.4) is 0 Å². The third kappa shape index (κ3) is 6.08. The van der Waals surface area contributed by atoms with Gasteiger partial charge in [-0.05, 0) is 75.2 Å². The van der Waals surface area contributed by atoms with Gasteiger partial charge in [0.15, 0.2) is 5.82 Å². The summed E-state index contributed by atoms with van der Waals surface area (Å²) in [4.78, 5) is 24.5. The maximum Gasteiger partial charge on any atom is 0.322 e. The summed E-state index contributed by atoms with van der Waals surface area (Å²) in [5, 5.41) is 7.68. The van der Waals surface area contributed by atoms with Gasteiger partial charge in [0.1, 0.15) is 17.0 Å². The number of benzene rings is 2. The van der Waals surface area contributed by atoms with Crippen molar-refractivity contribution in [1.29, 1.82) is 0 Å². The highest BCUT2D eigenvalue weighted by Crippen LogP contribution is 2.38. The van der Waals surface area contributed by atoms with E-state index in [4.69, 9.17) is 11.6 Å². The molecule has 5 rings (SSSR count). The van der Waals surface area contributed by atoms with Gasteiger partial charge in [0.05, 0.1) is 16.4 Å². The molecule has 1 fully saturated rings. The Labute approximate surface area is 247 Å². The van der Waals surface area contributed by atoms with Gasteiger partial charge in [-0.3, -0.25) is 4.79 Å². The molecule has 0 bridgehead atoms. The van der Waals surface area contributed by atoms with E-state index >= 15 is 4.39 Å². The van der Waals surface area contributed by atoms with Crippen LogP contribution in [0.2, 0.25) is 5.02 Å². The summed E-state index contributed by atoms with van der Waals surface area (Å²) in [6.45, 7) is -0.0968. The van der Waals surface area contributed by atoms with Gasteiger partial charge in [-0.25, -0.2) is 19.0 Å². The Kier molecular flexibility index (Phi) is 8.71. The quantitative estimate of drug-likeness (QED) is 0.205. The summed E-state index contributed by atoms with van der Waals surface area (Å²) >= 11 is 6.50. The molecule has 2 aromatic heterocycles. The summed E-state index contributed by atoms with van der Waals surface area (Å²) in [5.74, 6) is -1.05. The fraction of sp³-hybridized carbons (Fsp3) is 0.286. The molecule has 220 valence electrons. The number of halogens is 2. The van der Waals surface area contributed by atoms with E-state index in [1.807, 2.05) is 43.2 Å². The smallest absolute Gasteiger partial charge is 0.322 e. The van der Waals surface area contributed by atoms with E-state index < -0.39 is 20.7 Å². The molecule has 0 unspecified atom stereocenters. The third-order valence-corrected chi connectivity index (χ3v) is 9.23. The molecule has 0 saturated heterocycles. The summed E-state index contributed by atoms with van der Waals surface area (Å²) in [6.07, 6.45) is 8.46. The summed E-state index contributed by atoms with van der Waals surface area (Å²) in [7, 11) is -0.724. The van der Waals surface area contributed by atoms with Crippen LogP contribution in [0.1, 0.15) is 30.7 Å². The summed E-state index contributed by atoms with van der Waals surface area (Å²) in [6, 6.07) is 13.4. The second kappa shape index (κ2) is 12.4. The van der Waals surface area contributed by atoms with E-state index in [1.54, 1.807) is 6.20 Å². The maximum atomic E-state index is 15.4. The van der Waals surface area contributed by atoms with Gasteiger partial charge in [-0.2, -0.15) is 13.5 Å². The number of hydrogen-bond donors (Lipinski definition) is 1. The number of carbonyl (C=O) groups excluding carboxylic acids is 1. The fourth-order valence-corrected chi connectivity index (χ4v) is 6.86. The average molecular weight is 614 g/mol. The molecule has 0 amide bonds. The van der Waals surface area contributed by atoms with Crippen molar-refractivity contribution in [2.75, 3.05) is 23.9 Å². The number of carbonyl (C=O) groups is 1. The fourth-order valence-electron chi connectivity index (χ4n) is 5.32. The number of nitrogens with one attached hydrogen (secondary N) is 1. The molecule has 0 spiro atoms. The largest absolute Gasteiger partial charge is 0.379 e. The van der Waals surface area contributed by atoms with Crippen molar-refractivity contribution in [2.24, 2.45) is 0 Å². The highest BCUT2D eigenvalue weighted by atomic mass is 35.5. The van der Waals surface area contributed by atoms with Gasteiger partial charge >= 0.3 is 6.47 Å². The molecule has 1 aliphatic carbocycles. The van der Waals surface area contributed by atoms with E-state index in [-0.39, 0.29) is 39.6 Å². The SMILES string of the molecule is CN(C)[C@H]1C[C@@H](c2cccc(-n3cccn3)c2)CC[C@@H]1Nc1cc(F)c(S(=O)(=O)N(OC=O)c2ccncn2)cc1Cl. The third-order valence-electron chi connectivity index (χ3n) is 7.34. The number of rotatable bonds is 10. The average Bonchev–Trinajstić information content (AvgIpc) is 3.53. The first-order valence-electron chi connectivity index (χ1n) is 13.1. The molecule has 1 N–H and O–H groups in total. The lowest BCUT2D eigenvalue weighted by molar-refractivity contribution is -0.128. The lowest BCUT2D eigenvalue weighted by Gasteiger charge is -2.41. The first-order valence-corrected chi connectivity index (χ1v) is 14.9. The number of hydrogen-bond acceptors (Lipinski definition) is 9. The summed E-state index contributed by atoms with van der Waals surface area (Å²) < 4.78 is 44.0. The molecule has 1 aliphatic rings. The molecular formula is C28H29ClFN7O4S. The Morgan fingerprint density at radius 1 is 1.14 bits per heavy atom. The van der Waals surface area contributed by atoms with Crippen LogP contribution in [0.5, 0.6) is 0 Å². The summed E-state index contributed by atoms with van der Waals surface area (Å²) in [5.41, 5.74) is 2.47. The van der Waals surface area contributed by atoms with Crippen LogP contribution >= 0.6 is 11.6 Å². The standard InChI is InChI=1S/C28H29ClFN7O4S/c1-35(2)26-14-20(19-5-3-6-21(13-19)36-12-4-10-33-36)7-8-24(26)34-25-16-23(30)27(15-22(25)29)42(39,40)37(41-18-38)28-9-11-31-17-32-28/h3-6,9-13,15-18,20,24,26,34H,7-8,14H2,1-2H3/t20-,24-,26-/m0/s1. The van der Waals surface area contributed by atoms with E-state index in [0.29, 0.717) is 5.92 Å². The van der Waals surface area contributed by atoms with Gasteiger partial charge in [0.2, 0.25) is 0 Å². The van der Waals surface area contributed by atoms with Gasteiger partial charge in [0.25, 0.3) is 10.0 Å². The molecule has 0 aliphatic heterocycles. The van der Waals surface area contributed by atoms with Crippen molar-refractivity contribution in [3.05, 3.63) is 89.9 Å². The van der Waals surface area contributed by atoms with Crippen LogP contribution in [-0.4, -0.2) is 65.7 Å². The molecule has 4 aromatic rings. The first kappa shape index (κ1) is 29.4. The van der Waals surface area contributed by atoms with Crippen molar-refractivity contribution < 1.29 is 22.4 Å². The Morgan fingerprint density at radius 3 is 2.67 bits per heavy atom. The van der Waals surface area contributed by atoms with E-state index in [9.17, 15) is 13.2 Å². The minimum atomic E-state index is -4.71. The highest BCUT2D eigenvalue weighted by Gasteiger charge is 2.35. The normalized spacial score (nSPS) is 18.9. The van der Waals surface area contributed by atoms with Crippen LogP contribution < -0.4 is 9.79 Å². The first-order chi connectivity index (χ1) is 20.2. The van der Waals surface area contributed by atoms with E-state index in [2.05, 4.69) is 42.3 Å². The van der Waals surface area contributed by atoms with E-state index in [1.165, 1.54) is 17.8 Å². The molecule has 1 saturated carbocycles. The van der Waals surface area contributed by atoms with Crippen LogP contribution in [0.4, 0.5) is 15.9 Å². The van der Waals surface area contributed by atoms with Gasteiger partial charge in [-0.15, -0.1) is 0 Å². The Bertz CT molecular complexity index is 1640. The monoisotopic (exact) mass is 613 g/mol. The zero-order chi connectivity index (χ0) is 29.9. The molecule has 0 radical (unpaired) electrons. The number of aromatic nitrogens is 4.